The molecule has 0 aromatic heterocycles. The van der Waals surface area contributed by atoms with Gasteiger partial charge in [0, 0.05) is 13.1 Å². The molecular formula is C14H22N2. The zero-order chi connectivity index (χ0) is 12.1. The number of hydrogen-bond donors (Lipinski definition) is 1. The van der Waals surface area contributed by atoms with Gasteiger partial charge >= 0.3 is 0 Å². The van der Waals surface area contributed by atoms with Crippen molar-refractivity contribution in [3.8, 4) is 0 Å². The van der Waals surface area contributed by atoms with E-state index in [9.17, 15) is 0 Å². The Bertz CT molecular complexity index is 351. The van der Waals surface area contributed by atoms with Crippen molar-refractivity contribution >= 4 is 0 Å². The SMILES string of the molecule is C=CC1=C(C=C=C(C)C)CN(C(C)N)CC1. The van der Waals surface area contributed by atoms with Crippen LogP contribution in [0, 0.1) is 0 Å². The highest BCUT2D eigenvalue weighted by molar-refractivity contribution is 5.35. The summed E-state index contributed by atoms with van der Waals surface area (Å²) in [6.07, 6.45) is 5.17. The molecule has 88 valence electrons. The van der Waals surface area contributed by atoms with Crippen LogP contribution in [0.15, 0.2) is 41.2 Å². The van der Waals surface area contributed by atoms with Crippen molar-refractivity contribution in [2.75, 3.05) is 13.1 Å². The Morgan fingerprint density at radius 1 is 1.50 bits per heavy atom. The van der Waals surface area contributed by atoms with Crippen LogP contribution in [0.4, 0.5) is 0 Å². The first-order valence-electron chi connectivity index (χ1n) is 5.78. The minimum atomic E-state index is 0.112. The van der Waals surface area contributed by atoms with Crippen molar-refractivity contribution in [1.29, 1.82) is 0 Å². The van der Waals surface area contributed by atoms with Crippen molar-refractivity contribution in [1.82, 2.24) is 4.90 Å². The Morgan fingerprint density at radius 3 is 2.69 bits per heavy atom. The van der Waals surface area contributed by atoms with Gasteiger partial charge in [-0.15, -0.1) is 5.73 Å². The van der Waals surface area contributed by atoms with Crippen LogP contribution in [-0.4, -0.2) is 24.2 Å². The highest BCUT2D eigenvalue weighted by atomic mass is 15.2. The van der Waals surface area contributed by atoms with Gasteiger partial charge in [0.1, 0.15) is 0 Å². The molecule has 1 heterocycles. The zero-order valence-electron chi connectivity index (χ0n) is 10.6. The summed E-state index contributed by atoms with van der Waals surface area (Å²) < 4.78 is 0. The van der Waals surface area contributed by atoms with E-state index >= 15 is 0 Å². The molecule has 0 aromatic carbocycles. The van der Waals surface area contributed by atoms with E-state index in [0.717, 1.165) is 19.5 Å². The van der Waals surface area contributed by atoms with Gasteiger partial charge in [-0.3, -0.25) is 4.90 Å². The van der Waals surface area contributed by atoms with Gasteiger partial charge in [-0.2, -0.15) is 0 Å². The number of nitrogens with two attached hydrogens (primary N) is 1. The molecule has 1 unspecified atom stereocenters. The molecule has 1 aliphatic rings. The summed E-state index contributed by atoms with van der Waals surface area (Å²) in [5.74, 6) is 0. The topological polar surface area (TPSA) is 29.3 Å². The lowest BCUT2D eigenvalue weighted by Crippen LogP contribution is -2.43. The lowest BCUT2D eigenvalue weighted by molar-refractivity contribution is 0.226. The molecule has 0 saturated carbocycles. The predicted molar refractivity (Wildman–Crippen MR) is 70.0 cm³/mol. The van der Waals surface area contributed by atoms with Crippen LogP contribution in [0.2, 0.25) is 0 Å². The molecule has 0 fully saturated rings. The lowest BCUT2D eigenvalue weighted by Gasteiger charge is -2.31. The minimum absolute atomic E-state index is 0.112. The monoisotopic (exact) mass is 218 g/mol. The summed E-state index contributed by atoms with van der Waals surface area (Å²) in [7, 11) is 0. The summed E-state index contributed by atoms with van der Waals surface area (Å²) in [4.78, 5) is 2.27. The Hall–Kier alpha value is -1.08. The highest BCUT2D eigenvalue weighted by Gasteiger charge is 2.17. The second kappa shape index (κ2) is 5.86. The van der Waals surface area contributed by atoms with E-state index in [1.807, 2.05) is 13.0 Å². The minimum Gasteiger partial charge on any atom is -0.316 e. The van der Waals surface area contributed by atoms with Crippen LogP contribution < -0.4 is 5.73 Å². The Balaban J connectivity index is 2.94. The third-order valence-electron chi connectivity index (χ3n) is 2.81. The maximum Gasteiger partial charge on any atom is 0.0546 e. The molecule has 0 aliphatic carbocycles. The van der Waals surface area contributed by atoms with E-state index in [2.05, 4.69) is 37.1 Å². The van der Waals surface area contributed by atoms with E-state index in [1.54, 1.807) is 0 Å². The van der Waals surface area contributed by atoms with Crippen molar-refractivity contribution in [2.45, 2.75) is 33.4 Å². The summed E-state index contributed by atoms with van der Waals surface area (Å²) >= 11 is 0. The van der Waals surface area contributed by atoms with E-state index in [4.69, 9.17) is 5.73 Å². The van der Waals surface area contributed by atoms with E-state index < -0.39 is 0 Å². The third kappa shape index (κ3) is 3.49. The summed E-state index contributed by atoms with van der Waals surface area (Å²) in [6.45, 7) is 11.9. The molecular weight excluding hydrogens is 196 g/mol. The average Bonchev–Trinajstić information content (AvgIpc) is 2.25. The fourth-order valence-electron chi connectivity index (χ4n) is 1.77. The van der Waals surface area contributed by atoms with Crippen molar-refractivity contribution in [3.63, 3.8) is 0 Å². The molecule has 2 N–H and O–H groups in total. The Labute approximate surface area is 98.8 Å². The Kier molecular flexibility index (Phi) is 4.75. The lowest BCUT2D eigenvalue weighted by atomic mass is 9.99. The molecule has 0 spiro atoms. The van der Waals surface area contributed by atoms with E-state index in [1.165, 1.54) is 16.7 Å². The molecule has 16 heavy (non-hydrogen) atoms. The van der Waals surface area contributed by atoms with Gasteiger partial charge in [0.25, 0.3) is 0 Å². The molecule has 0 bridgehead atoms. The van der Waals surface area contributed by atoms with E-state index in [0.29, 0.717) is 0 Å². The average molecular weight is 218 g/mol. The van der Waals surface area contributed by atoms with Gasteiger partial charge in [-0.1, -0.05) is 12.7 Å². The molecule has 2 nitrogen and oxygen atoms in total. The number of nitrogens with zero attached hydrogens (tertiary/aromatic N) is 1. The van der Waals surface area contributed by atoms with E-state index in [-0.39, 0.29) is 6.17 Å². The van der Waals surface area contributed by atoms with Crippen molar-refractivity contribution in [2.24, 2.45) is 5.73 Å². The first-order chi connectivity index (χ1) is 7.54. The van der Waals surface area contributed by atoms with Crippen LogP contribution in [-0.2, 0) is 0 Å². The first kappa shape index (κ1) is 13.0. The summed E-state index contributed by atoms with van der Waals surface area (Å²) in [6, 6.07) is 0. The first-order valence-corrected chi connectivity index (χ1v) is 5.78. The zero-order valence-corrected chi connectivity index (χ0v) is 10.6. The summed E-state index contributed by atoms with van der Waals surface area (Å²) in [5.41, 5.74) is 13.0. The van der Waals surface area contributed by atoms with Gasteiger partial charge in [0.2, 0.25) is 0 Å². The fraction of sp³-hybridized carbons (Fsp3) is 0.500. The maximum atomic E-state index is 5.91. The smallest absolute Gasteiger partial charge is 0.0546 e. The molecule has 0 saturated heterocycles. The van der Waals surface area contributed by atoms with Crippen LogP contribution in [0.1, 0.15) is 27.2 Å². The quantitative estimate of drug-likeness (QED) is 0.738. The van der Waals surface area contributed by atoms with Gasteiger partial charge in [-0.25, -0.2) is 0 Å². The molecule has 1 atom stereocenters. The molecule has 0 amide bonds. The van der Waals surface area contributed by atoms with Gasteiger partial charge < -0.3 is 5.73 Å². The van der Waals surface area contributed by atoms with Crippen LogP contribution in [0.25, 0.3) is 0 Å². The second-order valence-electron chi connectivity index (χ2n) is 4.50. The largest absolute Gasteiger partial charge is 0.316 e. The molecule has 2 heteroatoms. The Morgan fingerprint density at radius 2 is 2.19 bits per heavy atom. The molecule has 1 aliphatic heterocycles. The van der Waals surface area contributed by atoms with Crippen molar-refractivity contribution < 1.29 is 0 Å². The fourth-order valence-corrected chi connectivity index (χ4v) is 1.77. The summed E-state index contributed by atoms with van der Waals surface area (Å²) in [5, 5.41) is 0. The standard InChI is InChI=1S/C14H22N2/c1-5-13-8-9-16(12(4)15)10-14(13)7-6-11(2)3/h5,7,12H,1,8-10,15H2,2-4H3. The van der Waals surface area contributed by atoms with Crippen molar-refractivity contribution in [3.05, 3.63) is 41.2 Å². The van der Waals surface area contributed by atoms with Crippen LogP contribution in [0.5, 0.6) is 0 Å². The molecule has 0 aromatic rings. The second-order valence-corrected chi connectivity index (χ2v) is 4.50. The number of rotatable bonds is 3. The van der Waals surface area contributed by atoms with Gasteiger partial charge in [0.05, 0.1) is 6.17 Å². The highest BCUT2D eigenvalue weighted by Crippen LogP contribution is 2.20. The third-order valence-corrected chi connectivity index (χ3v) is 2.81. The van der Waals surface area contributed by atoms with Crippen LogP contribution in [0.3, 0.4) is 0 Å². The maximum absolute atomic E-state index is 5.91. The number of allylic oxidation sites excluding steroid dienone is 1. The van der Waals surface area contributed by atoms with Gasteiger partial charge in [0.15, 0.2) is 0 Å². The molecule has 1 rings (SSSR count). The number of hydrogen-bond acceptors (Lipinski definition) is 2. The predicted octanol–water partition coefficient (Wildman–Crippen LogP) is 2.60. The molecule has 0 radical (unpaired) electrons. The normalized spacial score (nSPS) is 19.0. The van der Waals surface area contributed by atoms with Gasteiger partial charge in [-0.05, 0) is 50.0 Å². The van der Waals surface area contributed by atoms with Crippen LogP contribution >= 0.6 is 0 Å².